The molecule has 3 heteroatoms. The number of hydrogen-bond acceptors (Lipinski definition) is 2. The predicted molar refractivity (Wildman–Crippen MR) is 76.1 cm³/mol. The maximum atomic E-state index is 12.4. The minimum atomic E-state index is 0.160. The minimum absolute atomic E-state index is 0.160. The molecule has 0 radical (unpaired) electrons. The molecule has 1 aromatic carbocycles. The van der Waals surface area contributed by atoms with Crippen LogP contribution in [0.15, 0.2) is 18.2 Å². The van der Waals surface area contributed by atoms with Crippen LogP contribution in [0, 0.1) is 11.8 Å². The normalized spacial score (nSPS) is 24.7. The van der Waals surface area contributed by atoms with Crippen molar-refractivity contribution in [3.05, 3.63) is 34.9 Å². The fourth-order valence-corrected chi connectivity index (χ4v) is 2.92. The number of carbonyl (C=O) groups is 1. The molecule has 1 saturated carbocycles. The second-order valence-electron chi connectivity index (χ2n) is 6.07. The average Bonchev–Trinajstić information content (AvgIpc) is 3.12. The molecule has 0 aromatic heterocycles. The van der Waals surface area contributed by atoms with Crippen molar-refractivity contribution in [2.75, 3.05) is 20.1 Å². The van der Waals surface area contributed by atoms with Crippen LogP contribution in [-0.2, 0) is 13.0 Å². The lowest BCUT2D eigenvalue weighted by atomic mass is 9.98. The molecule has 1 aromatic rings. The van der Waals surface area contributed by atoms with Crippen molar-refractivity contribution in [2.45, 2.75) is 26.3 Å². The molecule has 1 aliphatic heterocycles. The van der Waals surface area contributed by atoms with E-state index in [-0.39, 0.29) is 5.91 Å². The van der Waals surface area contributed by atoms with Gasteiger partial charge in [0.15, 0.2) is 0 Å². The third kappa shape index (κ3) is 2.66. The molecule has 1 heterocycles. The number of carbonyl (C=O) groups excluding carboxylic acids is 1. The third-order valence-electron chi connectivity index (χ3n) is 4.47. The number of nitrogens with one attached hydrogen (secondary N) is 1. The fourth-order valence-electron chi connectivity index (χ4n) is 2.92. The van der Waals surface area contributed by atoms with Gasteiger partial charge in [-0.15, -0.1) is 0 Å². The molecule has 2 atom stereocenters. The van der Waals surface area contributed by atoms with Gasteiger partial charge < -0.3 is 10.2 Å². The van der Waals surface area contributed by atoms with Gasteiger partial charge in [-0.05, 0) is 54.5 Å². The van der Waals surface area contributed by atoms with Crippen LogP contribution in [0.5, 0.6) is 0 Å². The summed E-state index contributed by atoms with van der Waals surface area (Å²) in [6, 6.07) is 6.17. The molecular weight excluding hydrogens is 236 g/mol. The van der Waals surface area contributed by atoms with Gasteiger partial charge in [-0.1, -0.05) is 13.0 Å². The molecule has 1 aliphatic carbocycles. The number of nitrogens with zero attached hydrogens (tertiary/aromatic N) is 1. The van der Waals surface area contributed by atoms with E-state index in [1.54, 1.807) is 0 Å². The van der Waals surface area contributed by atoms with Gasteiger partial charge in [0.1, 0.15) is 0 Å². The summed E-state index contributed by atoms with van der Waals surface area (Å²) >= 11 is 0. The van der Waals surface area contributed by atoms with E-state index >= 15 is 0 Å². The maximum Gasteiger partial charge on any atom is 0.253 e. The van der Waals surface area contributed by atoms with Crippen LogP contribution in [0.3, 0.4) is 0 Å². The van der Waals surface area contributed by atoms with E-state index in [9.17, 15) is 4.79 Å². The lowest BCUT2D eigenvalue weighted by Crippen LogP contribution is -2.30. The Bertz CT molecular complexity index is 498. The number of rotatable bonds is 3. The average molecular weight is 258 g/mol. The van der Waals surface area contributed by atoms with Crippen LogP contribution in [0.1, 0.15) is 34.8 Å². The first-order chi connectivity index (χ1) is 9.15. The highest BCUT2D eigenvalue weighted by Crippen LogP contribution is 2.38. The highest BCUT2D eigenvalue weighted by atomic mass is 16.2. The summed E-state index contributed by atoms with van der Waals surface area (Å²) in [5.74, 6) is 1.67. The van der Waals surface area contributed by atoms with Gasteiger partial charge in [0.05, 0.1) is 0 Å². The molecule has 1 N–H and O–H groups in total. The zero-order chi connectivity index (χ0) is 13.4. The first-order valence-corrected chi connectivity index (χ1v) is 7.23. The zero-order valence-electron chi connectivity index (χ0n) is 11.8. The summed E-state index contributed by atoms with van der Waals surface area (Å²) in [7, 11) is 1.92. The SMILES string of the molecule is CC1CC1CN(C)C(=O)c1ccc2c(c1)CNCC2. The van der Waals surface area contributed by atoms with E-state index in [0.717, 1.165) is 37.5 Å². The minimum Gasteiger partial charge on any atom is -0.341 e. The fraction of sp³-hybridized carbons (Fsp3) is 0.562. The second-order valence-corrected chi connectivity index (χ2v) is 6.07. The maximum absolute atomic E-state index is 12.4. The first-order valence-electron chi connectivity index (χ1n) is 7.23. The molecule has 2 unspecified atom stereocenters. The lowest BCUT2D eigenvalue weighted by Gasteiger charge is -2.20. The van der Waals surface area contributed by atoms with Gasteiger partial charge >= 0.3 is 0 Å². The molecule has 19 heavy (non-hydrogen) atoms. The summed E-state index contributed by atoms with van der Waals surface area (Å²) in [6.07, 6.45) is 2.34. The van der Waals surface area contributed by atoms with Crippen molar-refractivity contribution in [1.82, 2.24) is 10.2 Å². The Morgan fingerprint density at radius 1 is 1.42 bits per heavy atom. The molecule has 3 nitrogen and oxygen atoms in total. The van der Waals surface area contributed by atoms with Crippen LogP contribution in [-0.4, -0.2) is 30.9 Å². The zero-order valence-corrected chi connectivity index (χ0v) is 11.8. The first kappa shape index (κ1) is 12.7. The van der Waals surface area contributed by atoms with Crippen molar-refractivity contribution in [3.8, 4) is 0 Å². The smallest absolute Gasteiger partial charge is 0.253 e. The van der Waals surface area contributed by atoms with Crippen molar-refractivity contribution in [1.29, 1.82) is 0 Å². The van der Waals surface area contributed by atoms with Gasteiger partial charge in [0.2, 0.25) is 0 Å². The quantitative estimate of drug-likeness (QED) is 0.900. The Labute approximate surface area is 115 Å². The van der Waals surface area contributed by atoms with Gasteiger partial charge in [-0.25, -0.2) is 0 Å². The highest BCUT2D eigenvalue weighted by molar-refractivity contribution is 5.94. The highest BCUT2D eigenvalue weighted by Gasteiger charge is 2.34. The number of amides is 1. The van der Waals surface area contributed by atoms with Gasteiger partial charge in [0, 0.05) is 25.7 Å². The summed E-state index contributed by atoms with van der Waals surface area (Å²) in [5, 5.41) is 3.36. The summed E-state index contributed by atoms with van der Waals surface area (Å²) < 4.78 is 0. The number of benzene rings is 1. The molecule has 2 aliphatic rings. The van der Waals surface area contributed by atoms with E-state index in [0.29, 0.717) is 5.92 Å². The Morgan fingerprint density at radius 3 is 2.95 bits per heavy atom. The Hall–Kier alpha value is -1.35. The van der Waals surface area contributed by atoms with Crippen molar-refractivity contribution in [2.24, 2.45) is 11.8 Å². The van der Waals surface area contributed by atoms with E-state index in [2.05, 4.69) is 24.4 Å². The number of fused-ring (bicyclic) bond motifs is 1. The molecule has 0 bridgehead atoms. The van der Waals surface area contributed by atoms with Crippen LogP contribution in [0.4, 0.5) is 0 Å². The van der Waals surface area contributed by atoms with Crippen LogP contribution < -0.4 is 5.32 Å². The monoisotopic (exact) mass is 258 g/mol. The number of hydrogen-bond donors (Lipinski definition) is 1. The van der Waals surface area contributed by atoms with Crippen molar-refractivity contribution < 1.29 is 4.79 Å². The van der Waals surface area contributed by atoms with E-state index < -0.39 is 0 Å². The van der Waals surface area contributed by atoms with Crippen LogP contribution in [0.2, 0.25) is 0 Å². The predicted octanol–water partition coefficient (Wildman–Crippen LogP) is 2.06. The Balaban J connectivity index is 1.72. The molecule has 1 fully saturated rings. The van der Waals surface area contributed by atoms with E-state index in [4.69, 9.17) is 0 Å². The Morgan fingerprint density at radius 2 is 2.21 bits per heavy atom. The van der Waals surface area contributed by atoms with Gasteiger partial charge in [-0.2, -0.15) is 0 Å². The summed E-state index contributed by atoms with van der Waals surface area (Å²) in [6.45, 7) is 5.09. The molecule has 1 amide bonds. The summed E-state index contributed by atoms with van der Waals surface area (Å²) in [5.41, 5.74) is 3.50. The Kier molecular flexibility index (Phi) is 3.31. The van der Waals surface area contributed by atoms with Crippen LogP contribution in [0.25, 0.3) is 0 Å². The van der Waals surface area contributed by atoms with E-state index in [1.807, 2.05) is 18.0 Å². The van der Waals surface area contributed by atoms with Crippen LogP contribution >= 0.6 is 0 Å². The molecular formula is C16H22N2O. The molecule has 3 rings (SSSR count). The van der Waals surface area contributed by atoms with E-state index in [1.165, 1.54) is 17.5 Å². The van der Waals surface area contributed by atoms with Gasteiger partial charge in [0.25, 0.3) is 5.91 Å². The third-order valence-corrected chi connectivity index (χ3v) is 4.47. The lowest BCUT2D eigenvalue weighted by molar-refractivity contribution is 0.0787. The van der Waals surface area contributed by atoms with Crippen molar-refractivity contribution >= 4 is 5.91 Å². The molecule has 102 valence electrons. The second kappa shape index (κ2) is 4.97. The topological polar surface area (TPSA) is 32.3 Å². The largest absolute Gasteiger partial charge is 0.341 e. The van der Waals surface area contributed by atoms with Gasteiger partial charge in [-0.3, -0.25) is 4.79 Å². The summed E-state index contributed by atoms with van der Waals surface area (Å²) in [4.78, 5) is 14.3. The standard InChI is InChI=1S/C16H22N2O/c1-11-7-15(11)10-18(2)16(19)13-4-3-12-5-6-17-9-14(12)8-13/h3-4,8,11,15,17H,5-7,9-10H2,1-2H3. The van der Waals surface area contributed by atoms with Crippen molar-refractivity contribution in [3.63, 3.8) is 0 Å². The molecule has 0 saturated heterocycles. The molecule has 0 spiro atoms.